The molecule has 4 heteroatoms. The SMILES string of the molecule is CCNC(COc1c(OC)cccc1OC)C(C)CC. The molecular weight excluding hydrogens is 254 g/mol. The standard InChI is InChI=1S/C16H27NO3/c1-6-12(3)13(17-7-2)11-20-16-14(18-4)9-8-10-15(16)19-5/h8-10,12-13,17H,6-7,11H2,1-5H3. The van der Waals surface area contributed by atoms with Crippen molar-refractivity contribution < 1.29 is 14.2 Å². The van der Waals surface area contributed by atoms with E-state index in [9.17, 15) is 0 Å². The first-order valence-electron chi connectivity index (χ1n) is 7.25. The van der Waals surface area contributed by atoms with Crippen LogP contribution in [0.1, 0.15) is 27.2 Å². The Bertz CT molecular complexity index is 373. The van der Waals surface area contributed by atoms with Gasteiger partial charge in [0.2, 0.25) is 5.75 Å². The molecule has 0 aliphatic rings. The van der Waals surface area contributed by atoms with E-state index in [0.29, 0.717) is 35.8 Å². The zero-order chi connectivity index (χ0) is 15.0. The number of nitrogens with one attached hydrogen (secondary N) is 1. The fourth-order valence-corrected chi connectivity index (χ4v) is 2.10. The summed E-state index contributed by atoms with van der Waals surface area (Å²) >= 11 is 0. The highest BCUT2D eigenvalue weighted by Crippen LogP contribution is 2.36. The molecule has 0 amide bonds. The maximum absolute atomic E-state index is 5.98. The predicted octanol–water partition coefficient (Wildman–Crippen LogP) is 3.11. The molecule has 1 aromatic rings. The molecule has 0 heterocycles. The van der Waals surface area contributed by atoms with E-state index >= 15 is 0 Å². The molecule has 1 N–H and O–H groups in total. The molecule has 1 rings (SSSR count). The lowest BCUT2D eigenvalue weighted by atomic mass is 10.00. The third-order valence-corrected chi connectivity index (χ3v) is 3.59. The lowest BCUT2D eigenvalue weighted by molar-refractivity contribution is 0.208. The maximum Gasteiger partial charge on any atom is 0.203 e. The Labute approximate surface area is 122 Å². The predicted molar refractivity (Wildman–Crippen MR) is 82.0 cm³/mol. The molecule has 0 saturated carbocycles. The van der Waals surface area contributed by atoms with E-state index in [1.165, 1.54) is 0 Å². The Hall–Kier alpha value is -1.42. The van der Waals surface area contributed by atoms with Gasteiger partial charge in [0.15, 0.2) is 11.5 Å². The second kappa shape index (κ2) is 8.69. The molecule has 0 aromatic heterocycles. The average Bonchev–Trinajstić information content (AvgIpc) is 2.50. The highest BCUT2D eigenvalue weighted by molar-refractivity contribution is 5.51. The van der Waals surface area contributed by atoms with Crippen LogP contribution < -0.4 is 19.5 Å². The summed E-state index contributed by atoms with van der Waals surface area (Å²) in [5, 5.41) is 3.47. The van der Waals surface area contributed by atoms with Crippen LogP contribution in [0.3, 0.4) is 0 Å². The zero-order valence-corrected chi connectivity index (χ0v) is 13.2. The van der Waals surface area contributed by atoms with Crippen LogP contribution in [0.5, 0.6) is 17.2 Å². The molecule has 0 radical (unpaired) electrons. The first-order valence-corrected chi connectivity index (χ1v) is 7.25. The van der Waals surface area contributed by atoms with Crippen molar-refractivity contribution in [2.75, 3.05) is 27.4 Å². The third kappa shape index (κ3) is 4.30. The summed E-state index contributed by atoms with van der Waals surface area (Å²) < 4.78 is 16.7. The van der Waals surface area contributed by atoms with Gasteiger partial charge in [-0.2, -0.15) is 0 Å². The third-order valence-electron chi connectivity index (χ3n) is 3.59. The van der Waals surface area contributed by atoms with Crippen molar-refractivity contribution in [2.24, 2.45) is 5.92 Å². The molecule has 0 saturated heterocycles. The van der Waals surface area contributed by atoms with Gasteiger partial charge in [0.25, 0.3) is 0 Å². The first kappa shape index (κ1) is 16.6. The number of methoxy groups -OCH3 is 2. The minimum absolute atomic E-state index is 0.319. The quantitative estimate of drug-likeness (QED) is 0.755. The van der Waals surface area contributed by atoms with Crippen LogP contribution in [0.25, 0.3) is 0 Å². The molecular formula is C16H27NO3. The molecule has 2 atom stereocenters. The van der Waals surface area contributed by atoms with Crippen LogP contribution in [0.2, 0.25) is 0 Å². The fourth-order valence-electron chi connectivity index (χ4n) is 2.10. The number of ether oxygens (including phenoxy) is 3. The number of benzene rings is 1. The molecule has 114 valence electrons. The van der Waals surface area contributed by atoms with Gasteiger partial charge in [0.05, 0.1) is 14.2 Å². The fraction of sp³-hybridized carbons (Fsp3) is 0.625. The Kier molecular flexibility index (Phi) is 7.23. The molecule has 0 spiro atoms. The second-order valence-corrected chi connectivity index (χ2v) is 4.85. The Morgan fingerprint density at radius 1 is 1.10 bits per heavy atom. The number of likely N-dealkylation sites (N-methyl/N-ethyl adjacent to an activating group) is 1. The van der Waals surface area contributed by atoms with Gasteiger partial charge in [-0.05, 0) is 24.6 Å². The van der Waals surface area contributed by atoms with Gasteiger partial charge < -0.3 is 19.5 Å². The minimum Gasteiger partial charge on any atom is -0.493 e. The topological polar surface area (TPSA) is 39.7 Å². The van der Waals surface area contributed by atoms with Gasteiger partial charge in [0, 0.05) is 6.04 Å². The summed E-state index contributed by atoms with van der Waals surface area (Å²) in [5.74, 6) is 2.62. The van der Waals surface area contributed by atoms with Crippen molar-refractivity contribution in [1.82, 2.24) is 5.32 Å². The van der Waals surface area contributed by atoms with Crippen molar-refractivity contribution in [1.29, 1.82) is 0 Å². The molecule has 20 heavy (non-hydrogen) atoms. The summed E-state index contributed by atoms with van der Waals surface area (Å²) in [5.41, 5.74) is 0. The lowest BCUT2D eigenvalue weighted by Gasteiger charge is -2.25. The Morgan fingerprint density at radius 2 is 1.70 bits per heavy atom. The van der Waals surface area contributed by atoms with Crippen molar-refractivity contribution in [3.8, 4) is 17.2 Å². The van der Waals surface area contributed by atoms with Crippen LogP contribution in [0.15, 0.2) is 18.2 Å². The summed E-state index contributed by atoms with van der Waals surface area (Å²) in [4.78, 5) is 0. The van der Waals surface area contributed by atoms with E-state index < -0.39 is 0 Å². The summed E-state index contributed by atoms with van der Waals surface area (Å²) in [6, 6.07) is 5.97. The van der Waals surface area contributed by atoms with Gasteiger partial charge in [0.1, 0.15) is 6.61 Å². The normalized spacial score (nSPS) is 13.7. The average molecular weight is 281 g/mol. The minimum atomic E-state index is 0.319. The van der Waals surface area contributed by atoms with Gasteiger partial charge in [-0.25, -0.2) is 0 Å². The molecule has 0 bridgehead atoms. The molecule has 0 aliphatic carbocycles. The molecule has 1 aromatic carbocycles. The number of para-hydroxylation sites is 1. The van der Waals surface area contributed by atoms with Crippen LogP contribution in [0.4, 0.5) is 0 Å². The van der Waals surface area contributed by atoms with Crippen molar-refractivity contribution in [3.63, 3.8) is 0 Å². The van der Waals surface area contributed by atoms with Crippen LogP contribution >= 0.6 is 0 Å². The van der Waals surface area contributed by atoms with Crippen LogP contribution in [-0.2, 0) is 0 Å². The van der Waals surface area contributed by atoms with E-state index in [1.54, 1.807) is 14.2 Å². The van der Waals surface area contributed by atoms with E-state index in [0.717, 1.165) is 13.0 Å². The lowest BCUT2D eigenvalue weighted by Crippen LogP contribution is -2.39. The summed E-state index contributed by atoms with van der Waals surface area (Å²) in [6.07, 6.45) is 1.12. The highest BCUT2D eigenvalue weighted by Gasteiger charge is 2.18. The molecule has 0 fully saturated rings. The van der Waals surface area contributed by atoms with Crippen LogP contribution in [0, 0.1) is 5.92 Å². The van der Waals surface area contributed by atoms with Crippen molar-refractivity contribution in [2.45, 2.75) is 33.2 Å². The maximum atomic E-state index is 5.98. The van der Waals surface area contributed by atoms with Gasteiger partial charge in [-0.1, -0.05) is 33.3 Å². The highest BCUT2D eigenvalue weighted by atomic mass is 16.5. The zero-order valence-electron chi connectivity index (χ0n) is 13.2. The van der Waals surface area contributed by atoms with E-state index in [4.69, 9.17) is 14.2 Å². The number of rotatable bonds is 9. The van der Waals surface area contributed by atoms with E-state index in [1.807, 2.05) is 18.2 Å². The number of hydrogen-bond acceptors (Lipinski definition) is 4. The summed E-state index contributed by atoms with van der Waals surface area (Å²) in [6.45, 7) is 8.06. The monoisotopic (exact) mass is 281 g/mol. The summed E-state index contributed by atoms with van der Waals surface area (Å²) in [7, 11) is 3.27. The van der Waals surface area contributed by atoms with Crippen molar-refractivity contribution >= 4 is 0 Å². The second-order valence-electron chi connectivity index (χ2n) is 4.85. The van der Waals surface area contributed by atoms with Gasteiger partial charge >= 0.3 is 0 Å². The molecule has 4 nitrogen and oxygen atoms in total. The Balaban J connectivity index is 2.81. The molecule has 2 unspecified atom stereocenters. The van der Waals surface area contributed by atoms with Crippen molar-refractivity contribution in [3.05, 3.63) is 18.2 Å². The van der Waals surface area contributed by atoms with Gasteiger partial charge in [-0.3, -0.25) is 0 Å². The largest absolute Gasteiger partial charge is 0.493 e. The first-order chi connectivity index (χ1) is 9.67. The van der Waals surface area contributed by atoms with E-state index in [2.05, 4.69) is 26.1 Å². The smallest absolute Gasteiger partial charge is 0.203 e. The molecule has 0 aliphatic heterocycles. The van der Waals surface area contributed by atoms with Crippen LogP contribution in [-0.4, -0.2) is 33.4 Å². The van der Waals surface area contributed by atoms with Gasteiger partial charge in [-0.15, -0.1) is 0 Å². The van der Waals surface area contributed by atoms with E-state index in [-0.39, 0.29) is 0 Å². The number of hydrogen-bond donors (Lipinski definition) is 1. The Morgan fingerprint density at radius 3 is 2.15 bits per heavy atom.